The predicted octanol–water partition coefficient (Wildman–Crippen LogP) is 3.41. The summed E-state index contributed by atoms with van der Waals surface area (Å²) in [7, 11) is 0. The van der Waals surface area contributed by atoms with Crippen LogP contribution in [-0.4, -0.2) is 11.6 Å². The van der Waals surface area contributed by atoms with Crippen molar-refractivity contribution in [2.45, 2.75) is 39.5 Å². The van der Waals surface area contributed by atoms with Crippen molar-refractivity contribution in [2.75, 3.05) is 0 Å². The van der Waals surface area contributed by atoms with Gasteiger partial charge in [0.05, 0.1) is 5.71 Å². The van der Waals surface area contributed by atoms with Gasteiger partial charge >= 0.3 is 0 Å². The molecule has 3 atom stereocenters. The Morgan fingerprint density at radius 3 is 3.00 bits per heavy atom. The smallest absolute Gasteiger partial charge is 0.244 e. The van der Waals surface area contributed by atoms with Gasteiger partial charge in [0.1, 0.15) is 0 Å². The van der Waals surface area contributed by atoms with Crippen LogP contribution in [0.15, 0.2) is 22.6 Å². The third kappa shape index (κ3) is 2.22. The molecule has 3 rings (SSSR count). The number of hydrazone groups is 1. The van der Waals surface area contributed by atoms with Gasteiger partial charge in [0.15, 0.2) is 0 Å². The number of fused-ring (bicyclic) bond motifs is 1. The minimum atomic E-state index is 0.116. The maximum Gasteiger partial charge on any atom is 0.244 e. The Morgan fingerprint density at radius 1 is 1.53 bits per heavy atom. The zero-order valence-electron chi connectivity index (χ0n) is 11.5. The second-order valence-corrected chi connectivity index (χ2v) is 6.93. The van der Waals surface area contributed by atoms with Crippen molar-refractivity contribution < 1.29 is 4.79 Å². The predicted molar refractivity (Wildman–Crippen MR) is 78.2 cm³/mol. The number of nitrogens with zero attached hydrogens (tertiary/aromatic N) is 1. The van der Waals surface area contributed by atoms with Crippen LogP contribution >= 0.6 is 11.3 Å². The first kappa shape index (κ1) is 12.9. The molecule has 3 unspecified atom stereocenters. The van der Waals surface area contributed by atoms with Gasteiger partial charge in [-0.2, -0.15) is 5.10 Å². The number of rotatable bonds is 3. The standard InChI is InChI=1S/C15H20N2OS/c1-10(12-7-5-9-19-12)16-17-14(18)13-11-6-3-4-8-15(11,13)2/h5,7,9,11,13H,3-4,6,8H2,1-2H3,(H,17,18). The van der Waals surface area contributed by atoms with Crippen LogP contribution in [0.3, 0.4) is 0 Å². The second kappa shape index (κ2) is 4.75. The summed E-state index contributed by atoms with van der Waals surface area (Å²) in [4.78, 5) is 13.3. The van der Waals surface area contributed by atoms with Crippen molar-refractivity contribution in [2.24, 2.45) is 22.4 Å². The Bertz CT molecular complexity index is 508. The first-order valence-electron chi connectivity index (χ1n) is 7.01. The van der Waals surface area contributed by atoms with Crippen LogP contribution in [0.5, 0.6) is 0 Å². The first-order valence-corrected chi connectivity index (χ1v) is 7.89. The highest BCUT2D eigenvalue weighted by Crippen LogP contribution is 2.66. The average Bonchev–Trinajstić information content (AvgIpc) is 2.77. The molecule has 0 bridgehead atoms. The lowest BCUT2D eigenvalue weighted by atomic mass is 9.90. The van der Waals surface area contributed by atoms with Crippen molar-refractivity contribution in [3.05, 3.63) is 22.4 Å². The van der Waals surface area contributed by atoms with Crippen molar-refractivity contribution in [1.82, 2.24) is 5.43 Å². The third-order valence-electron chi connectivity index (χ3n) is 4.83. The molecule has 2 aliphatic carbocycles. The van der Waals surface area contributed by atoms with Gasteiger partial charge in [0.25, 0.3) is 0 Å². The number of hydrogen-bond acceptors (Lipinski definition) is 3. The molecule has 1 amide bonds. The van der Waals surface area contributed by atoms with Crippen molar-refractivity contribution >= 4 is 23.0 Å². The summed E-state index contributed by atoms with van der Waals surface area (Å²) in [5.74, 6) is 0.902. The molecule has 2 saturated carbocycles. The van der Waals surface area contributed by atoms with E-state index in [2.05, 4.69) is 17.5 Å². The van der Waals surface area contributed by atoms with Crippen LogP contribution < -0.4 is 5.43 Å². The summed E-state index contributed by atoms with van der Waals surface area (Å²) in [6.07, 6.45) is 4.96. The van der Waals surface area contributed by atoms with Gasteiger partial charge in [-0.05, 0) is 42.5 Å². The fourth-order valence-corrected chi connectivity index (χ4v) is 4.28. The number of carbonyl (C=O) groups is 1. The molecule has 19 heavy (non-hydrogen) atoms. The van der Waals surface area contributed by atoms with Gasteiger partial charge in [-0.15, -0.1) is 11.3 Å². The van der Waals surface area contributed by atoms with E-state index in [0.29, 0.717) is 5.92 Å². The summed E-state index contributed by atoms with van der Waals surface area (Å²) in [5.41, 5.74) is 3.91. The Labute approximate surface area is 118 Å². The molecular weight excluding hydrogens is 256 g/mol. The van der Waals surface area contributed by atoms with Crippen LogP contribution in [-0.2, 0) is 4.79 Å². The Kier molecular flexibility index (Phi) is 3.21. The average molecular weight is 276 g/mol. The second-order valence-electron chi connectivity index (χ2n) is 5.99. The molecule has 3 nitrogen and oxygen atoms in total. The fourth-order valence-electron chi connectivity index (χ4n) is 3.60. The molecule has 4 heteroatoms. The van der Waals surface area contributed by atoms with E-state index in [1.165, 1.54) is 25.7 Å². The van der Waals surface area contributed by atoms with Crippen molar-refractivity contribution in [3.8, 4) is 0 Å². The summed E-state index contributed by atoms with van der Waals surface area (Å²) >= 11 is 1.64. The largest absolute Gasteiger partial charge is 0.273 e. The highest BCUT2D eigenvalue weighted by molar-refractivity contribution is 7.12. The lowest BCUT2D eigenvalue weighted by Crippen LogP contribution is -2.23. The van der Waals surface area contributed by atoms with Gasteiger partial charge in [-0.1, -0.05) is 25.8 Å². The zero-order chi connectivity index (χ0) is 13.5. The van der Waals surface area contributed by atoms with Gasteiger partial charge < -0.3 is 0 Å². The van der Waals surface area contributed by atoms with Crippen LogP contribution in [0.25, 0.3) is 0 Å². The molecule has 0 radical (unpaired) electrons. The van der Waals surface area contributed by atoms with E-state index < -0.39 is 0 Å². The van der Waals surface area contributed by atoms with Gasteiger partial charge in [-0.3, -0.25) is 4.79 Å². The fraction of sp³-hybridized carbons (Fsp3) is 0.600. The number of carbonyl (C=O) groups excluding carboxylic acids is 1. The Balaban J connectivity index is 1.62. The normalized spacial score (nSPS) is 33.7. The lowest BCUT2D eigenvalue weighted by molar-refractivity contribution is -0.123. The quantitative estimate of drug-likeness (QED) is 0.667. The third-order valence-corrected chi connectivity index (χ3v) is 5.80. The minimum Gasteiger partial charge on any atom is -0.273 e. The van der Waals surface area contributed by atoms with E-state index >= 15 is 0 Å². The maximum atomic E-state index is 12.2. The molecule has 1 aromatic rings. The number of thiophene rings is 1. The molecule has 1 aromatic heterocycles. The van der Waals surface area contributed by atoms with Gasteiger partial charge in [0, 0.05) is 10.8 Å². The van der Waals surface area contributed by atoms with E-state index in [1.54, 1.807) is 11.3 Å². The molecule has 2 aliphatic rings. The van der Waals surface area contributed by atoms with E-state index in [-0.39, 0.29) is 17.2 Å². The number of amides is 1. The molecule has 1 N–H and O–H groups in total. The van der Waals surface area contributed by atoms with E-state index in [1.807, 2.05) is 24.4 Å². The summed E-state index contributed by atoms with van der Waals surface area (Å²) in [6.45, 7) is 4.20. The molecule has 102 valence electrons. The van der Waals surface area contributed by atoms with Gasteiger partial charge in [0.2, 0.25) is 5.91 Å². The molecule has 0 spiro atoms. The molecule has 0 aliphatic heterocycles. The zero-order valence-corrected chi connectivity index (χ0v) is 12.3. The van der Waals surface area contributed by atoms with E-state index in [4.69, 9.17) is 0 Å². The number of nitrogens with one attached hydrogen (secondary N) is 1. The summed E-state index contributed by atoms with van der Waals surface area (Å²) < 4.78 is 0. The maximum absolute atomic E-state index is 12.2. The topological polar surface area (TPSA) is 41.5 Å². The Morgan fingerprint density at radius 2 is 2.37 bits per heavy atom. The van der Waals surface area contributed by atoms with Gasteiger partial charge in [-0.25, -0.2) is 5.43 Å². The lowest BCUT2D eigenvalue weighted by Gasteiger charge is -2.15. The van der Waals surface area contributed by atoms with Crippen LogP contribution in [0, 0.1) is 17.3 Å². The Hall–Kier alpha value is -1.16. The molecule has 0 aromatic carbocycles. The van der Waals surface area contributed by atoms with E-state index in [0.717, 1.165) is 10.6 Å². The highest BCUT2D eigenvalue weighted by Gasteiger charge is 2.64. The monoisotopic (exact) mass is 276 g/mol. The highest BCUT2D eigenvalue weighted by atomic mass is 32.1. The van der Waals surface area contributed by atoms with Crippen molar-refractivity contribution in [1.29, 1.82) is 0 Å². The molecular formula is C15H20N2OS. The van der Waals surface area contributed by atoms with E-state index in [9.17, 15) is 4.79 Å². The molecule has 1 heterocycles. The van der Waals surface area contributed by atoms with Crippen LogP contribution in [0.1, 0.15) is 44.4 Å². The summed E-state index contributed by atoms with van der Waals surface area (Å²) in [5, 5.41) is 6.26. The summed E-state index contributed by atoms with van der Waals surface area (Å²) in [6, 6.07) is 4.02. The molecule has 0 saturated heterocycles. The SMILES string of the molecule is CC(=NNC(=O)C1C2CCCCC21C)c1cccs1. The van der Waals surface area contributed by atoms with Crippen LogP contribution in [0.2, 0.25) is 0 Å². The van der Waals surface area contributed by atoms with Crippen molar-refractivity contribution in [3.63, 3.8) is 0 Å². The van der Waals surface area contributed by atoms with Crippen LogP contribution in [0.4, 0.5) is 0 Å². The number of hydrogen-bond donors (Lipinski definition) is 1. The molecule has 2 fully saturated rings. The minimum absolute atomic E-state index is 0.116. The first-order chi connectivity index (χ1) is 9.13.